The molecule has 0 bridgehead atoms. The van der Waals surface area contributed by atoms with Crippen LogP contribution in [0.1, 0.15) is 42.3 Å². The molecule has 150 valence electrons. The minimum absolute atomic E-state index is 0.00342. The van der Waals surface area contributed by atoms with Crippen molar-refractivity contribution in [1.29, 1.82) is 5.26 Å². The molecule has 6 heteroatoms. The molecule has 0 saturated carbocycles. The predicted molar refractivity (Wildman–Crippen MR) is 113 cm³/mol. The van der Waals surface area contributed by atoms with Crippen molar-refractivity contribution in [3.63, 3.8) is 0 Å². The Labute approximate surface area is 171 Å². The molecule has 1 atom stereocenters. The van der Waals surface area contributed by atoms with Crippen LogP contribution in [0.25, 0.3) is 6.08 Å². The topological polar surface area (TPSA) is 86.9 Å². The zero-order chi connectivity index (χ0) is 21.0. The lowest BCUT2D eigenvalue weighted by Crippen LogP contribution is -2.43. The number of benzene rings is 1. The molecule has 1 unspecified atom stereocenters. The third kappa shape index (κ3) is 4.40. The first-order valence-electron chi connectivity index (χ1n) is 9.92. The van der Waals surface area contributed by atoms with E-state index in [4.69, 9.17) is 0 Å². The van der Waals surface area contributed by atoms with E-state index in [0.717, 1.165) is 41.2 Å². The lowest BCUT2D eigenvalue weighted by molar-refractivity contribution is -0.124. The van der Waals surface area contributed by atoms with Crippen LogP contribution in [-0.4, -0.2) is 22.4 Å². The van der Waals surface area contributed by atoms with Gasteiger partial charge in [-0.2, -0.15) is 5.26 Å². The van der Waals surface area contributed by atoms with Crippen LogP contribution in [-0.2, 0) is 22.6 Å². The highest BCUT2D eigenvalue weighted by Gasteiger charge is 2.26. The van der Waals surface area contributed by atoms with Crippen molar-refractivity contribution in [3.8, 4) is 6.07 Å². The number of nitriles is 1. The smallest absolute Gasteiger partial charge is 0.262 e. The molecule has 3 rings (SSSR count). The zero-order valence-corrected chi connectivity index (χ0v) is 17.1. The average Bonchev–Trinajstić information content (AvgIpc) is 2.87. The number of aryl methyl sites for hydroxylation is 2. The predicted octanol–water partition coefficient (Wildman–Crippen LogP) is 3.49. The minimum Gasteiger partial charge on any atom is -0.349 e. The first-order chi connectivity index (χ1) is 13.9. The number of hydrogen-bond donors (Lipinski definition) is 2. The number of nitrogens with one attached hydrogen (secondary N) is 2. The van der Waals surface area contributed by atoms with Crippen molar-refractivity contribution in [2.24, 2.45) is 0 Å². The van der Waals surface area contributed by atoms with Gasteiger partial charge in [-0.25, -0.2) is 0 Å². The largest absolute Gasteiger partial charge is 0.349 e. The fraction of sp³-hybridized carbons (Fsp3) is 0.348. The number of nitrogens with zero attached hydrogens (tertiary/aromatic N) is 2. The van der Waals surface area contributed by atoms with Gasteiger partial charge in [-0.3, -0.25) is 9.59 Å². The van der Waals surface area contributed by atoms with E-state index in [2.05, 4.69) is 22.1 Å². The number of rotatable bonds is 5. The van der Waals surface area contributed by atoms with Crippen molar-refractivity contribution < 1.29 is 9.59 Å². The fourth-order valence-electron chi connectivity index (χ4n) is 3.73. The molecule has 2 aromatic rings. The van der Waals surface area contributed by atoms with E-state index in [9.17, 15) is 14.9 Å². The minimum atomic E-state index is -0.681. The quantitative estimate of drug-likeness (QED) is 0.605. The van der Waals surface area contributed by atoms with Gasteiger partial charge in [0, 0.05) is 23.6 Å². The molecule has 2 heterocycles. The van der Waals surface area contributed by atoms with Crippen LogP contribution < -0.4 is 10.6 Å². The lowest BCUT2D eigenvalue weighted by Gasteiger charge is -2.15. The summed E-state index contributed by atoms with van der Waals surface area (Å²) in [5, 5.41) is 15.1. The summed E-state index contributed by atoms with van der Waals surface area (Å²) in [6.07, 6.45) is 3.76. The van der Waals surface area contributed by atoms with Crippen molar-refractivity contribution in [1.82, 2.24) is 9.88 Å². The Bertz CT molecular complexity index is 1010. The SMILES string of the molecule is CCCn1c(C)cc(/C=C(\C#N)C(=O)NC2CCc3ccccc3NC2=O)c1C. The number of fused-ring (bicyclic) bond motifs is 1. The summed E-state index contributed by atoms with van der Waals surface area (Å²) >= 11 is 0. The molecular weight excluding hydrogens is 364 g/mol. The Morgan fingerprint density at radius 1 is 1.38 bits per heavy atom. The van der Waals surface area contributed by atoms with E-state index >= 15 is 0 Å². The third-order valence-electron chi connectivity index (χ3n) is 5.32. The molecule has 29 heavy (non-hydrogen) atoms. The van der Waals surface area contributed by atoms with Gasteiger partial charge in [-0.15, -0.1) is 0 Å². The maximum atomic E-state index is 12.7. The summed E-state index contributed by atoms with van der Waals surface area (Å²) in [6, 6.07) is 10.9. The van der Waals surface area contributed by atoms with Crippen LogP contribution in [0, 0.1) is 25.2 Å². The van der Waals surface area contributed by atoms with Crippen molar-refractivity contribution >= 4 is 23.6 Å². The Morgan fingerprint density at radius 3 is 2.86 bits per heavy atom. The molecule has 1 aliphatic rings. The van der Waals surface area contributed by atoms with Gasteiger partial charge in [0.2, 0.25) is 5.91 Å². The second kappa shape index (κ2) is 8.78. The monoisotopic (exact) mass is 390 g/mol. The van der Waals surface area contributed by atoms with E-state index in [1.807, 2.05) is 50.2 Å². The molecule has 2 N–H and O–H groups in total. The van der Waals surface area contributed by atoms with Gasteiger partial charge >= 0.3 is 0 Å². The second-order valence-corrected chi connectivity index (χ2v) is 7.36. The number of aromatic nitrogens is 1. The second-order valence-electron chi connectivity index (χ2n) is 7.36. The third-order valence-corrected chi connectivity index (χ3v) is 5.32. The van der Waals surface area contributed by atoms with Gasteiger partial charge in [0.05, 0.1) is 0 Å². The van der Waals surface area contributed by atoms with E-state index < -0.39 is 11.9 Å². The van der Waals surface area contributed by atoms with Gasteiger partial charge in [-0.1, -0.05) is 25.1 Å². The molecule has 2 amide bonds. The van der Waals surface area contributed by atoms with Gasteiger partial charge in [0.1, 0.15) is 17.7 Å². The summed E-state index contributed by atoms with van der Waals surface area (Å²) < 4.78 is 2.18. The molecule has 0 spiro atoms. The van der Waals surface area contributed by atoms with Crippen molar-refractivity contribution in [3.05, 3.63) is 58.4 Å². The number of carbonyl (C=O) groups excluding carboxylic acids is 2. The summed E-state index contributed by atoms with van der Waals surface area (Å²) in [6.45, 7) is 7.00. The van der Waals surface area contributed by atoms with Crippen LogP contribution in [0.2, 0.25) is 0 Å². The summed E-state index contributed by atoms with van der Waals surface area (Å²) in [7, 11) is 0. The molecule has 1 aliphatic heterocycles. The molecule has 1 aromatic heterocycles. The van der Waals surface area contributed by atoms with E-state index in [-0.39, 0.29) is 11.5 Å². The maximum Gasteiger partial charge on any atom is 0.262 e. The Hall–Kier alpha value is -3.33. The summed E-state index contributed by atoms with van der Waals surface area (Å²) in [5.41, 5.74) is 4.77. The number of para-hydroxylation sites is 1. The van der Waals surface area contributed by atoms with E-state index in [0.29, 0.717) is 12.8 Å². The maximum absolute atomic E-state index is 12.7. The Morgan fingerprint density at radius 2 is 2.14 bits per heavy atom. The highest BCUT2D eigenvalue weighted by Crippen LogP contribution is 2.22. The number of hydrogen-bond acceptors (Lipinski definition) is 3. The van der Waals surface area contributed by atoms with Crippen molar-refractivity contribution in [2.45, 2.75) is 52.6 Å². The number of amides is 2. The molecule has 0 saturated heterocycles. The van der Waals surface area contributed by atoms with Crippen LogP contribution in [0.3, 0.4) is 0 Å². The van der Waals surface area contributed by atoms with Gasteiger partial charge < -0.3 is 15.2 Å². The highest BCUT2D eigenvalue weighted by atomic mass is 16.2. The average molecular weight is 390 g/mol. The molecule has 1 aromatic carbocycles. The molecular formula is C23H26N4O2. The lowest BCUT2D eigenvalue weighted by atomic mass is 10.1. The standard InChI is InChI=1S/C23H26N4O2/c1-4-11-27-15(2)12-18(16(27)3)13-19(14-24)22(28)26-21-10-9-17-7-5-6-8-20(17)25-23(21)29/h5-8,12-13,21H,4,9-11H2,1-3H3,(H,25,29)(H,26,28)/b19-13+. The van der Waals surface area contributed by atoms with Gasteiger partial charge in [0.25, 0.3) is 5.91 Å². The molecule has 0 aliphatic carbocycles. The van der Waals surface area contributed by atoms with Gasteiger partial charge in [-0.05, 0) is 62.4 Å². The Kier molecular flexibility index (Phi) is 6.18. The first-order valence-corrected chi connectivity index (χ1v) is 9.92. The van der Waals surface area contributed by atoms with Crippen LogP contribution in [0.15, 0.2) is 35.9 Å². The number of anilines is 1. The molecule has 0 fully saturated rings. The normalized spacial score (nSPS) is 16.4. The zero-order valence-electron chi connectivity index (χ0n) is 17.1. The van der Waals surface area contributed by atoms with Crippen LogP contribution in [0.5, 0.6) is 0 Å². The summed E-state index contributed by atoms with van der Waals surface area (Å²) in [5.74, 6) is -0.791. The fourth-order valence-corrected chi connectivity index (χ4v) is 3.73. The van der Waals surface area contributed by atoms with Gasteiger partial charge in [0.15, 0.2) is 0 Å². The number of carbonyl (C=O) groups is 2. The highest BCUT2D eigenvalue weighted by molar-refractivity contribution is 6.05. The van der Waals surface area contributed by atoms with Crippen molar-refractivity contribution in [2.75, 3.05) is 5.32 Å². The summed E-state index contributed by atoms with van der Waals surface area (Å²) in [4.78, 5) is 25.2. The van der Waals surface area contributed by atoms with Crippen LogP contribution >= 0.6 is 0 Å². The van der Waals surface area contributed by atoms with Crippen LogP contribution in [0.4, 0.5) is 5.69 Å². The van der Waals surface area contributed by atoms with E-state index in [1.54, 1.807) is 6.08 Å². The molecule has 0 radical (unpaired) electrons. The first kappa shape index (κ1) is 20.4. The molecule has 6 nitrogen and oxygen atoms in total. The van der Waals surface area contributed by atoms with E-state index in [1.165, 1.54) is 0 Å². The Balaban J connectivity index is 1.77.